The van der Waals surface area contributed by atoms with Crippen molar-refractivity contribution in [1.82, 2.24) is 24.2 Å². The molecule has 3 atom stereocenters. The molecular formula is C31H31FN6O4. The number of aryl methyl sites for hydroxylation is 1. The topological polar surface area (TPSA) is 119 Å². The van der Waals surface area contributed by atoms with Crippen molar-refractivity contribution < 1.29 is 23.6 Å². The van der Waals surface area contributed by atoms with Crippen molar-refractivity contribution >= 4 is 40.0 Å². The molecule has 0 radical (unpaired) electrons. The minimum absolute atomic E-state index is 0.101. The van der Waals surface area contributed by atoms with Gasteiger partial charge in [-0.3, -0.25) is 19.2 Å². The smallest absolute Gasteiger partial charge is 0.247 e. The highest BCUT2D eigenvalue weighted by molar-refractivity contribution is 6.08. The molecule has 216 valence electrons. The highest BCUT2D eigenvalue weighted by Crippen LogP contribution is 2.32. The molecule has 1 aliphatic heterocycles. The monoisotopic (exact) mass is 570 g/mol. The molecule has 1 fully saturated rings. The van der Waals surface area contributed by atoms with Gasteiger partial charge in [0.15, 0.2) is 5.78 Å². The molecule has 2 amide bonds. The Labute approximate surface area is 241 Å². The predicted octanol–water partition coefficient (Wildman–Crippen LogP) is 3.52. The normalized spacial score (nSPS) is 20.1. The van der Waals surface area contributed by atoms with Crippen LogP contribution in [-0.4, -0.2) is 66.4 Å². The molecule has 42 heavy (non-hydrogen) atoms. The Kier molecular flexibility index (Phi) is 6.96. The SMILES string of the molecule is CC(=O)c1cn(CC(=O)N2C[C@H](F)C[C@H]2C(=O)Nc2cn(C)c3c2CC(C)C(=O)C3)c2ccc(-c3ccnnc3)cc12. The van der Waals surface area contributed by atoms with Gasteiger partial charge in [-0.2, -0.15) is 10.2 Å². The summed E-state index contributed by atoms with van der Waals surface area (Å²) in [5, 5.41) is 11.3. The molecule has 6 rings (SSSR count). The molecule has 1 aliphatic carbocycles. The van der Waals surface area contributed by atoms with Crippen LogP contribution in [0.2, 0.25) is 0 Å². The number of hydrogen-bond donors (Lipinski definition) is 1. The van der Waals surface area contributed by atoms with E-state index in [1.54, 1.807) is 29.4 Å². The summed E-state index contributed by atoms with van der Waals surface area (Å²) in [5.41, 5.74) is 5.18. The van der Waals surface area contributed by atoms with E-state index >= 15 is 0 Å². The molecule has 2 aliphatic rings. The largest absolute Gasteiger partial charge is 0.352 e. The zero-order chi connectivity index (χ0) is 29.7. The first-order valence-corrected chi connectivity index (χ1v) is 14.0. The fourth-order valence-corrected chi connectivity index (χ4v) is 6.15. The lowest BCUT2D eigenvalue weighted by Gasteiger charge is -2.24. The number of rotatable bonds is 6. The fraction of sp³-hybridized carbons (Fsp3) is 0.355. The molecule has 10 nitrogen and oxygen atoms in total. The van der Waals surface area contributed by atoms with Crippen LogP contribution in [0.4, 0.5) is 10.1 Å². The summed E-state index contributed by atoms with van der Waals surface area (Å²) in [5.74, 6) is -1.02. The van der Waals surface area contributed by atoms with Crippen LogP contribution >= 0.6 is 0 Å². The standard InChI is InChI=1S/C31H31FN6O4/c1-17-8-23-25(15-36(3)27(23)11-29(17)40)35-31(42)28-10-21(32)13-38(28)30(41)16-37-14-24(18(2)39)22-9-19(4-5-26(22)37)20-6-7-33-34-12-20/h4-7,9,12,14-15,17,21,28H,8,10-11,13,16H2,1-3H3,(H,35,42)/t17?,21-,28+/m1/s1. The Morgan fingerprint density at radius 2 is 1.93 bits per heavy atom. The number of carbonyl (C=O) groups excluding carboxylic acids is 4. The maximum absolute atomic E-state index is 14.7. The summed E-state index contributed by atoms with van der Waals surface area (Å²) >= 11 is 0. The highest BCUT2D eigenvalue weighted by Gasteiger charge is 2.40. The van der Waals surface area contributed by atoms with Crippen molar-refractivity contribution in [2.75, 3.05) is 11.9 Å². The van der Waals surface area contributed by atoms with Crippen LogP contribution in [0, 0.1) is 5.92 Å². The number of nitrogens with one attached hydrogen (secondary N) is 1. The molecule has 1 saturated heterocycles. The minimum atomic E-state index is -1.34. The molecule has 11 heteroatoms. The third-order valence-electron chi connectivity index (χ3n) is 8.44. The average Bonchev–Trinajstić information content (AvgIpc) is 3.63. The van der Waals surface area contributed by atoms with E-state index < -0.39 is 24.0 Å². The van der Waals surface area contributed by atoms with Crippen LogP contribution in [0.15, 0.2) is 49.1 Å². The molecule has 0 bridgehead atoms. The molecule has 0 spiro atoms. The lowest BCUT2D eigenvalue weighted by atomic mass is 9.87. The average molecular weight is 571 g/mol. The first-order valence-electron chi connectivity index (χ1n) is 14.0. The Hall–Kier alpha value is -4.67. The van der Waals surface area contributed by atoms with Crippen LogP contribution < -0.4 is 5.32 Å². The Morgan fingerprint density at radius 3 is 2.67 bits per heavy atom. The van der Waals surface area contributed by atoms with Gasteiger partial charge in [-0.15, -0.1) is 0 Å². The van der Waals surface area contributed by atoms with E-state index in [-0.39, 0.29) is 37.0 Å². The van der Waals surface area contributed by atoms with E-state index in [4.69, 9.17) is 0 Å². The van der Waals surface area contributed by atoms with Crippen LogP contribution in [-0.2, 0) is 40.8 Å². The molecule has 4 heterocycles. The number of likely N-dealkylation sites (tertiary alicyclic amines) is 1. The number of anilines is 1. The summed E-state index contributed by atoms with van der Waals surface area (Å²) in [7, 11) is 1.83. The van der Waals surface area contributed by atoms with Crippen molar-refractivity contribution in [2.24, 2.45) is 13.0 Å². The number of hydrogen-bond acceptors (Lipinski definition) is 6. The van der Waals surface area contributed by atoms with Crippen molar-refractivity contribution in [1.29, 1.82) is 0 Å². The van der Waals surface area contributed by atoms with Gasteiger partial charge in [0, 0.05) is 65.9 Å². The number of halogens is 1. The lowest BCUT2D eigenvalue weighted by Crippen LogP contribution is -2.44. The zero-order valence-electron chi connectivity index (χ0n) is 23.6. The third kappa shape index (κ3) is 4.88. The van der Waals surface area contributed by atoms with E-state index in [1.807, 2.05) is 42.8 Å². The number of benzene rings is 1. The summed E-state index contributed by atoms with van der Waals surface area (Å²) < 4.78 is 18.2. The number of ketones is 2. The van der Waals surface area contributed by atoms with E-state index in [0.717, 1.165) is 22.4 Å². The maximum atomic E-state index is 14.7. The summed E-state index contributed by atoms with van der Waals surface area (Å²) in [6, 6.07) is 6.43. The number of alkyl halides is 1. The van der Waals surface area contributed by atoms with Gasteiger partial charge in [-0.25, -0.2) is 4.39 Å². The van der Waals surface area contributed by atoms with E-state index in [2.05, 4.69) is 15.5 Å². The summed E-state index contributed by atoms with van der Waals surface area (Å²) in [4.78, 5) is 53.1. The van der Waals surface area contributed by atoms with E-state index in [9.17, 15) is 23.6 Å². The summed E-state index contributed by atoms with van der Waals surface area (Å²) in [6.45, 7) is 2.99. The Bertz CT molecular complexity index is 1740. The number of Topliss-reactive ketones (excluding diaryl/α,β-unsaturated/α-hetero) is 2. The van der Waals surface area contributed by atoms with Crippen molar-refractivity contribution in [3.05, 3.63) is 65.9 Å². The van der Waals surface area contributed by atoms with Gasteiger partial charge in [-0.05, 0) is 42.7 Å². The second-order valence-corrected chi connectivity index (χ2v) is 11.3. The molecule has 1 aromatic carbocycles. The Morgan fingerprint density at radius 1 is 1.12 bits per heavy atom. The number of fused-ring (bicyclic) bond motifs is 2. The molecule has 1 N–H and O–H groups in total. The van der Waals surface area contributed by atoms with Gasteiger partial charge in [0.25, 0.3) is 0 Å². The maximum Gasteiger partial charge on any atom is 0.247 e. The van der Waals surface area contributed by atoms with Gasteiger partial charge in [0.2, 0.25) is 11.8 Å². The fourth-order valence-electron chi connectivity index (χ4n) is 6.15. The molecule has 1 unspecified atom stereocenters. The number of nitrogens with zero attached hydrogens (tertiary/aromatic N) is 5. The Balaban J connectivity index is 1.25. The van der Waals surface area contributed by atoms with Gasteiger partial charge in [-0.1, -0.05) is 13.0 Å². The zero-order valence-corrected chi connectivity index (χ0v) is 23.6. The first kappa shape index (κ1) is 27.5. The van der Waals surface area contributed by atoms with Crippen LogP contribution in [0.1, 0.15) is 41.9 Å². The van der Waals surface area contributed by atoms with Crippen molar-refractivity contribution in [2.45, 2.75) is 51.9 Å². The predicted molar refractivity (Wildman–Crippen MR) is 154 cm³/mol. The van der Waals surface area contributed by atoms with E-state index in [0.29, 0.717) is 35.0 Å². The number of carbonyl (C=O) groups is 4. The lowest BCUT2D eigenvalue weighted by molar-refractivity contribution is -0.137. The minimum Gasteiger partial charge on any atom is -0.352 e. The van der Waals surface area contributed by atoms with Gasteiger partial charge in [0.05, 0.1) is 24.6 Å². The summed E-state index contributed by atoms with van der Waals surface area (Å²) in [6.07, 6.45) is 6.01. The van der Waals surface area contributed by atoms with Gasteiger partial charge in [0.1, 0.15) is 24.5 Å². The third-order valence-corrected chi connectivity index (χ3v) is 8.44. The van der Waals surface area contributed by atoms with Crippen LogP contribution in [0.25, 0.3) is 22.0 Å². The van der Waals surface area contributed by atoms with E-state index in [1.165, 1.54) is 11.8 Å². The van der Waals surface area contributed by atoms with Gasteiger partial charge >= 0.3 is 0 Å². The number of amides is 2. The molecule has 4 aromatic rings. The molecule has 3 aromatic heterocycles. The number of aromatic nitrogens is 4. The first-order chi connectivity index (χ1) is 20.1. The second kappa shape index (κ2) is 10.6. The van der Waals surface area contributed by atoms with Crippen LogP contribution in [0.3, 0.4) is 0 Å². The second-order valence-electron chi connectivity index (χ2n) is 11.3. The quantitative estimate of drug-likeness (QED) is 0.355. The van der Waals surface area contributed by atoms with Gasteiger partial charge < -0.3 is 19.4 Å². The molecule has 0 saturated carbocycles. The molecular weight excluding hydrogens is 539 g/mol. The van der Waals surface area contributed by atoms with Crippen LogP contribution in [0.5, 0.6) is 0 Å². The highest BCUT2D eigenvalue weighted by atomic mass is 19.1. The van der Waals surface area contributed by atoms with Crippen molar-refractivity contribution in [3.8, 4) is 11.1 Å². The van der Waals surface area contributed by atoms with Crippen molar-refractivity contribution in [3.63, 3.8) is 0 Å².